The van der Waals surface area contributed by atoms with Crippen LogP contribution in [0.3, 0.4) is 0 Å². The first-order valence-electron chi connectivity index (χ1n) is 11.8. The topological polar surface area (TPSA) is 107 Å². The molecule has 1 N–H and O–H groups in total. The van der Waals surface area contributed by atoms with Crippen LogP contribution in [0.1, 0.15) is 44.3 Å². The van der Waals surface area contributed by atoms with Gasteiger partial charge in [-0.05, 0) is 56.4 Å². The van der Waals surface area contributed by atoms with Crippen molar-refractivity contribution >= 4 is 22.7 Å². The number of likely N-dealkylation sites (tertiary alicyclic amines) is 1. The van der Waals surface area contributed by atoms with Crippen molar-refractivity contribution in [3.8, 4) is 0 Å². The van der Waals surface area contributed by atoms with Crippen LogP contribution < -0.4 is 16.6 Å². The maximum atomic E-state index is 13.2. The molecule has 34 heavy (non-hydrogen) atoms. The number of nitrogens with zero attached hydrogens (tertiary/aromatic N) is 3. The lowest BCUT2D eigenvalue weighted by molar-refractivity contribution is -0.132. The molecule has 0 radical (unpaired) electrons. The largest absolute Gasteiger partial charge is 0.467 e. The van der Waals surface area contributed by atoms with Crippen molar-refractivity contribution in [3.05, 3.63) is 69.3 Å². The molecule has 2 amide bonds. The van der Waals surface area contributed by atoms with E-state index in [1.54, 1.807) is 47.6 Å². The zero-order chi connectivity index (χ0) is 23.9. The molecule has 0 aliphatic carbocycles. The highest BCUT2D eigenvalue weighted by atomic mass is 16.3. The fraction of sp³-hybridized carbons (Fsp3) is 0.440. The molecule has 0 bridgehead atoms. The van der Waals surface area contributed by atoms with Gasteiger partial charge >= 0.3 is 5.69 Å². The molecule has 1 fully saturated rings. The van der Waals surface area contributed by atoms with E-state index in [4.69, 9.17) is 4.42 Å². The number of piperidine rings is 1. The number of para-hydroxylation sites is 1. The Morgan fingerprint density at radius 2 is 1.74 bits per heavy atom. The number of carbonyl (C=O) groups is 2. The maximum Gasteiger partial charge on any atom is 0.331 e. The van der Waals surface area contributed by atoms with Gasteiger partial charge in [0, 0.05) is 26.1 Å². The van der Waals surface area contributed by atoms with E-state index in [-0.39, 0.29) is 36.9 Å². The summed E-state index contributed by atoms with van der Waals surface area (Å²) in [6.07, 6.45) is 5.89. The van der Waals surface area contributed by atoms with Crippen LogP contribution in [0.25, 0.3) is 10.9 Å². The third-order valence-corrected chi connectivity index (χ3v) is 6.21. The summed E-state index contributed by atoms with van der Waals surface area (Å²) in [6.45, 7) is 1.83. The normalized spacial score (nSPS) is 13.8. The zero-order valence-electron chi connectivity index (χ0n) is 19.2. The van der Waals surface area contributed by atoms with Crippen molar-refractivity contribution in [2.24, 2.45) is 0 Å². The number of hydrogen-bond donors (Lipinski definition) is 1. The number of nitrogens with one attached hydrogen (secondary N) is 1. The van der Waals surface area contributed by atoms with Crippen LogP contribution in [-0.2, 0) is 29.2 Å². The number of rotatable bonds is 9. The lowest BCUT2D eigenvalue weighted by Crippen LogP contribution is -2.44. The molecule has 1 aromatic carbocycles. The summed E-state index contributed by atoms with van der Waals surface area (Å²) in [5.74, 6) is 0.452. The van der Waals surface area contributed by atoms with E-state index in [0.29, 0.717) is 49.1 Å². The highest BCUT2D eigenvalue weighted by molar-refractivity contribution is 5.81. The quantitative estimate of drug-likeness (QED) is 0.487. The summed E-state index contributed by atoms with van der Waals surface area (Å²) in [4.78, 5) is 53.0. The number of unbranched alkanes of at least 4 members (excludes halogenated alkanes) is 1. The zero-order valence-corrected chi connectivity index (χ0v) is 19.2. The molecular formula is C25H30N4O5. The van der Waals surface area contributed by atoms with E-state index >= 15 is 0 Å². The first kappa shape index (κ1) is 23.5. The summed E-state index contributed by atoms with van der Waals surface area (Å²) >= 11 is 0. The van der Waals surface area contributed by atoms with E-state index in [2.05, 4.69) is 5.32 Å². The minimum atomic E-state index is -0.490. The van der Waals surface area contributed by atoms with Gasteiger partial charge in [-0.15, -0.1) is 0 Å². The maximum absolute atomic E-state index is 13.2. The Morgan fingerprint density at radius 1 is 0.941 bits per heavy atom. The molecule has 3 heterocycles. The second-order valence-corrected chi connectivity index (χ2v) is 8.60. The average molecular weight is 467 g/mol. The van der Waals surface area contributed by atoms with Crippen LogP contribution in [0, 0.1) is 0 Å². The molecular weight excluding hydrogens is 436 g/mol. The van der Waals surface area contributed by atoms with Gasteiger partial charge < -0.3 is 14.6 Å². The number of fused-ring (bicyclic) bond motifs is 1. The van der Waals surface area contributed by atoms with Crippen molar-refractivity contribution in [1.82, 2.24) is 19.4 Å². The molecule has 3 aromatic rings. The lowest BCUT2D eigenvalue weighted by atomic mass is 10.1. The summed E-state index contributed by atoms with van der Waals surface area (Å²) in [7, 11) is 0. The monoisotopic (exact) mass is 466 g/mol. The van der Waals surface area contributed by atoms with Crippen LogP contribution in [0.2, 0.25) is 0 Å². The fourth-order valence-corrected chi connectivity index (χ4v) is 4.34. The minimum absolute atomic E-state index is 0.0885. The predicted molar refractivity (Wildman–Crippen MR) is 127 cm³/mol. The molecule has 0 atom stereocenters. The molecule has 180 valence electrons. The number of hydrogen-bond acceptors (Lipinski definition) is 5. The molecule has 0 unspecified atom stereocenters. The first-order chi connectivity index (χ1) is 16.5. The number of amides is 2. The average Bonchev–Trinajstić information content (AvgIpc) is 3.39. The van der Waals surface area contributed by atoms with Gasteiger partial charge in [0.15, 0.2) is 0 Å². The Morgan fingerprint density at radius 3 is 2.50 bits per heavy atom. The molecule has 1 saturated heterocycles. The molecule has 1 aliphatic heterocycles. The number of aromatic nitrogens is 2. The molecule has 9 nitrogen and oxygen atoms in total. The predicted octanol–water partition coefficient (Wildman–Crippen LogP) is 2.26. The molecule has 9 heteroatoms. The summed E-state index contributed by atoms with van der Waals surface area (Å²) in [5.41, 5.74) is -0.391. The van der Waals surface area contributed by atoms with E-state index in [0.717, 1.165) is 19.3 Å². The number of carbonyl (C=O) groups excluding carboxylic acids is 2. The molecule has 0 spiro atoms. The highest BCUT2D eigenvalue weighted by Crippen LogP contribution is 2.12. The van der Waals surface area contributed by atoms with Gasteiger partial charge in [0.25, 0.3) is 5.56 Å². The molecule has 4 rings (SSSR count). The molecule has 1 aliphatic rings. The van der Waals surface area contributed by atoms with E-state index < -0.39 is 5.69 Å². The Bertz CT molecular complexity index is 1250. The fourth-order valence-electron chi connectivity index (χ4n) is 4.34. The van der Waals surface area contributed by atoms with Gasteiger partial charge in [0.1, 0.15) is 12.3 Å². The van der Waals surface area contributed by atoms with Crippen LogP contribution in [0.4, 0.5) is 0 Å². The van der Waals surface area contributed by atoms with Crippen molar-refractivity contribution in [2.45, 2.75) is 58.2 Å². The van der Waals surface area contributed by atoms with Crippen molar-refractivity contribution < 1.29 is 14.0 Å². The van der Waals surface area contributed by atoms with Crippen molar-refractivity contribution in [2.75, 3.05) is 13.1 Å². The SMILES string of the molecule is O=C(CCCCn1c(=O)c2ccccc2n(CC(=O)N2CCCCC2)c1=O)NCc1ccco1. The van der Waals surface area contributed by atoms with Gasteiger partial charge in [-0.2, -0.15) is 0 Å². The Hall–Kier alpha value is -3.62. The smallest absolute Gasteiger partial charge is 0.331 e. The van der Waals surface area contributed by atoms with Gasteiger partial charge in [0.2, 0.25) is 11.8 Å². The summed E-state index contributed by atoms with van der Waals surface area (Å²) in [5, 5.41) is 3.19. The van der Waals surface area contributed by atoms with E-state index in [1.807, 2.05) is 0 Å². The summed E-state index contributed by atoms with van der Waals surface area (Å²) in [6, 6.07) is 10.4. The third-order valence-electron chi connectivity index (χ3n) is 6.21. The van der Waals surface area contributed by atoms with E-state index in [1.165, 1.54) is 9.13 Å². The Kier molecular flexibility index (Phi) is 7.61. The van der Waals surface area contributed by atoms with Crippen LogP contribution in [-0.4, -0.2) is 38.9 Å². The van der Waals surface area contributed by atoms with Crippen LogP contribution >= 0.6 is 0 Å². The van der Waals surface area contributed by atoms with Gasteiger partial charge in [-0.1, -0.05) is 12.1 Å². The van der Waals surface area contributed by atoms with Crippen molar-refractivity contribution in [3.63, 3.8) is 0 Å². The van der Waals surface area contributed by atoms with Crippen LogP contribution in [0.15, 0.2) is 56.7 Å². The van der Waals surface area contributed by atoms with Gasteiger partial charge in [0.05, 0.1) is 23.7 Å². The first-order valence-corrected chi connectivity index (χ1v) is 11.8. The third kappa shape index (κ3) is 5.47. The number of furan rings is 1. The molecule has 2 aromatic heterocycles. The lowest BCUT2D eigenvalue weighted by Gasteiger charge is -2.27. The second kappa shape index (κ2) is 11.0. The number of benzene rings is 1. The Labute approximate surface area is 197 Å². The highest BCUT2D eigenvalue weighted by Gasteiger charge is 2.20. The van der Waals surface area contributed by atoms with Crippen LogP contribution in [0.5, 0.6) is 0 Å². The van der Waals surface area contributed by atoms with Crippen molar-refractivity contribution in [1.29, 1.82) is 0 Å². The van der Waals surface area contributed by atoms with Gasteiger partial charge in [-0.3, -0.25) is 23.5 Å². The second-order valence-electron chi connectivity index (χ2n) is 8.60. The van der Waals surface area contributed by atoms with E-state index in [9.17, 15) is 19.2 Å². The standard InChI is InChI=1S/C25H30N4O5/c30-22(26-17-19-9-8-16-34-19)12-4-7-15-28-24(32)20-10-2-3-11-21(20)29(25(28)33)18-23(31)27-13-5-1-6-14-27/h2-3,8-11,16H,1,4-7,12-15,17-18H2,(H,26,30). The minimum Gasteiger partial charge on any atom is -0.467 e. The summed E-state index contributed by atoms with van der Waals surface area (Å²) < 4.78 is 7.78. The molecule has 0 saturated carbocycles. The van der Waals surface area contributed by atoms with Gasteiger partial charge in [-0.25, -0.2) is 4.79 Å². The Balaban J connectivity index is 1.44.